The molecule has 9 heteroatoms. The van der Waals surface area contributed by atoms with Crippen molar-refractivity contribution in [3.8, 4) is 5.69 Å². The number of carbonyl (C=O) groups excluding carboxylic acids is 1. The highest BCUT2D eigenvalue weighted by atomic mass is 32.1. The Morgan fingerprint density at radius 2 is 1.89 bits per heavy atom. The lowest BCUT2D eigenvalue weighted by Gasteiger charge is -2.28. The molecule has 4 heterocycles. The van der Waals surface area contributed by atoms with Crippen LogP contribution in [0.15, 0.2) is 79.3 Å². The summed E-state index contributed by atoms with van der Waals surface area (Å²) in [6.45, 7) is 4.23. The second kappa shape index (κ2) is 10.5. The number of pyridine rings is 2. The zero-order valence-corrected chi connectivity index (χ0v) is 21.7. The van der Waals surface area contributed by atoms with Crippen molar-refractivity contribution < 1.29 is 9.53 Å². The van der Waals surface area contributed by atoms with Crippen molar-refractivity contribution in [2.24, 2.45) is 0 Å². The minimum absolute atomic E-state index is 0.00225. The molecule has 1 saturated heterocycles. The van der Waals surface area contributed by atoms with E-state index in [-0.39, 0.29) is 24.6 Å². The Kier molecular flexibility index (Phi) is 6.98. The Morgan fingerprint density at radius 3 is 2.57 bits per heavy atom. The summed E-state index contributed by atoms with van der Waals surface area (Å²) < 4.78 is 7.12. The number of hydrogen-bond donors (Lipinski definition) is 2. The van der Waals surface area contributed by atoms with Crippen LogP contribution < -0.4 is 15.5 Å². The van der Waals surface area contributed by atoms with Crippen LogP contribution in [0.2, 0.25) is 0 Å². The molecule has 0 radical (unpaired) electrons. The predicted molar refractivity (Wildman–Crippen MR) is 148 cm³/mol. The number of nitrogens with one attached hydrogen (secondary N) is 2. The van der Waals surface area contributed by atoms with E-state index in [0.29, 0.717) is 10.8 Å². The summed E-state index contributed by atoms with van der Waals surface area (Å²) in [5, 5.41) is 6.96. The van der Waals surface area contributed by atoms with Gasteiger partial charge in [-0.3, -0.25) is 14.8 Å². The van der Waals surface area contributed by atoms with Crippen LogP contribution in [0.1, 0.15) is 34.7 Å². The first-order chi connectivity index (χ1) is 18.0. The molecular formula is C28H28N6O2S. The van der Waals surface area contributed by atoms with Gasteiger partial charge in [-0.1, -0.05) is 6.07 Å². The van der Waals surface area contributed by atoms with Gasteiger partial charge < -0.3 is 24.8 Å². The second-order valence-electron chi connectivity index (χ2n) is 8.90. The molecule has 1 aliphatic rings. The first-order valence-electron chi connectivity index (χ1n) is 12.0. The normalized spacial score (nSPS) is 17.1. The number of rotatable bonds is 7. The Bertz CT molecular complexity index is 1410. The molecular weight excluding hydrogens is 484 g/mol. The fourth-order valence-corrected chi connectivity index (χ4v) is 5.30. The highest BCUT2D eigenvalue weighted by Gasteiger charge is 2.42. The van der Waals surface area contributed by atoms with E-state index in [4.69, 9.17) is 17.0 Å². The molecule has 2 N–H and O–H groups in total. The molecule has 0 spiro atoms. The van der Waals surface area contributed by atoms with E-state index >= 15 is 0 Å². The van der Waals surface area contributed by atoms with Crippen molar-refractivity contribution >= 4 is 34.6 Å². The van der Waals surface area contributed by atoms with E-state index in [0.717, 1.165) is 34.0 Å². The van der Waals surface area contributed by atoms with Gasteiger partial charge in [0.05, 0.1) is 29.7 Å². The van der Waals surface area contributed by atoms with Gasteiger partial charge in [-0.25, -0.2) is 0 Å². The van der Waals surface area contributed by atoms with Crippen LogP contribution in [0.25, 0.3) is 5.69 Å². The van der Waals surface area contributed by atoms with Crippen LogP contribution in [0.3, 0.4) is 0 Å². The summed E-state index contributed by atoms with van der Waals surface area (Å²) in [6, 6.07) is 19.5. The molecule has 0 aliphatic carbocycles. The molecule has 1 fully saturated rings. The maximum absolute atomic E-state index is 11.9. The molecule has 1 aliphatic heterocycles. The number of anilines is 2. The SMILES string of the molecule is COCC(=O)Nc1ccc(N2C(=S)N[C@@H](c3ccccn3)[C@@H]2c2cc(C)n(-c3cccnc3)c2C)cc1. The summed E-state index contributed by atoms with van der Waals surface area (Å²) in [7, 11) is 1.49. The van der Waals surface area contributed by atoms with E-state index in [9.17, 15) is 4.79 Å². The van der Waals surface area contributed by atoms with Crippen LogP contribution >= 0.6 is 12.2 Å². The molecule has 5 rings (SSSR count). The molecule has 188 valence electrons. The number of aryl methyl sites for hydroxylation is 1. The molecule has 2 atom stereocenters. The molecule has 8 nitrogen and oxygen atoms in total. The first kappa shape index (κ1) is 24.6. The number of aromatic nitrogens is 3. The van der Waals surface area contributed by atoms with E-state index in [1.165, 1.54) is 7.11 Å². The summed E-state index contributed by atoms with van der Waals surface area (Å²) in [5.74, 6) is -0.204. The summed E-state index contributed by atoms with van der Waals surface area (Å²) in [4.78, 5) is 23.0. The average Bonchev–Trinajstić information content (AvgIpc) is 3.40. The number of hydrogen-bond acceptors (Lipinski definition) is 5. The molecule has 3 aromatic heterocycles. The number of methoxy groups -OCH3 is 1. The first-order valence-corrected chi connectivity index (χ1v) is 12.4. The van der Waals surface area contributed by atoms with Crippen molar-refractivity contribution in [1.82, 2.24) is 19.9 Å². The maximum atomic E-state index is 11.9. The van der Waals surface area contributed by atoms with Crippen molar-refractivity contribution in [2.75, 3.05) is 23.9 Å². The number of carbonyl (C=O) groups is 1. The van der Waals surface area contributed by atoms with Crippen LogP contribution in [0, 0.1) is 13.8 Å². The third-order valence-corrected chi connectivity index (χ3v) is 6.81. The second-order valence-corrected chi connectivity index (χ2v) is 9.28. The molecule has 37 heavy (non-hydrogen) atoms. The van der Waals surface area contributed by atoms with Crippen molar-refractivity contribution in [3.63, 3.8) is 0 Å². The molecule has 0 unspecified atom stereocenters. The number of amides is 1. The van der Waals surface area contributed by atoms with E-state index in [2.05, 4.69) is 56.0 Å². The van der Waals surface area contributed by atoms with Crippen molar-refractivity contribution in [3.05, 3.63) is 102 Å². The number of nitrogens with zero attached hydrogens (tertiary/aromatic N) is 4. The minimum atomic E-state index is -0.204. The maximum Gasteiger partial charge on any atom is 0.250 e. The molecule has 1 amide bonds. The third kappa shape index (κ3) is 4.83. The lowest BCUT2D eigenvalue weighted by Crippen LogP contribution is -2.29. The number of ether oxygens (including phenoxy) is 1. The molecule has 0 bridgehead atoms. The molecule has 1 aromatic carbocycles. The average molecular weight is 513 g/mol. The van der Waals surface area contributed by atoms with E-state index in [1.807, 2.05) is 54.7 Å². The standard InChI is InChI=1S/C28H28N6O2S/c1-18-15-23(19(2)33(18)22-7-6-13-29-16-22)27-26(24-8-4-5-14-30-24)32-28(37)34(27)21-11-9-20(10-12-21)31-25(35)17-36-3/h4-16,26-27H,17H2,1-3H3,(H,31,35)(H,32,37)/t26-,27-/m0/s1. The monoisotopic (exact) mass is 512 g/mol. The van der Waals surface area contributed by atoms with Crippen LogP contribution in [-0.4, -0.2) is 39.3 Å². The van der Waals surface area contributed by atoms with Gasteiger partial charge in [-0.05, 0) is 86.2 Å². The van der Waals surface area contributed by atoms with Crippen LogP contribution in [0.5, 0.6) is 0 Å². The Hall–Kier alpha value is -4.08. The van der Waals surface area contributed by atoms with Gasteiger partial charge in [0.25, 0.3) is 0 Å². The van der Waals surface area contributed by atoms with E-state index in [1.54, 1.807) is 12.4 Å². The quantitative estimate of drug-likeness (QED) is 0.349. The molecule has 0 saturated carbocycles. The smallest absolute Gasteiger partial charge is 0.250 e. The minimum Gasteiger partial charge on any atom is -0.375 e. The predicted octanol–water partition coefficient (Wildman–Crippen LogP) is 4.65. The Balaban J connectivity index is 1.57. The zero-order chi connectivity index (χ0) is 25.9. The zero-order valence-electron chi connectivity index (χ0n) is 20.9. The van der Waals surface area contributed by atoms with Crippen molar-refractivity contribution in [2.45, 2.75) is 25.9 Å². The van der Waals surface area contributed by atoms with Gasteiger partial charge in [0.15, 0.2) is 5.11 Å². The summed E-state index contributed by atoms with van der Waals surface area (Å²) >= 11 is 5.87. The lowest BCUT2D eigenvalue weighted by atomic mass is 9.96. The van der Waals surface area contributed by atoms with Gasteiger partial charge in [-0.15, -0.1) is 0 Å². The van der Waals surface area contributed by atoms with Gasteiger partial charge >= 0.3 is 0 Å². The van der Waals surface area contributed by atoms with Gasteiger partial charge in [-0.2, -0.15) is 0 Å². The Labute approximate surface area is 221 Å². The fourth-order valence-electron chi connectivity index (χ4n) is 4.95. The van der Waals surface area contributed by atoms with Gasteiger partial charge in [0, 0.05) is 42.3 Å². The largest absolute Gasteiger partial charge is 0.375 e. The Morgan fingerprint density at radius 1 is 1.08 bits per heavy atom. The van der Waals surface area contributed by atoms with Crippen LogP contribution in [0.4, 0.5) is 11.4 Å². The summed E-state index contributed by atoms with van der Waals surface area (Å²) in [5.41, 5.74) is 6.88. The van der Waals surface area contributed by atoms with Crippen LogP contribution in [-0.2, 0) is 9.53 Å². The third-order valence-electron chi connectivity index (χ3n) is 6.50. The van der Waals surface area contributed by atoms with E-state index < -0.39 is 0 Å². The van der Waals surface area contributed by atoms with Gasteiger partial charge in [0.1, 0.15) is 6.61 Å². The fraction of sp³-hybridized carbons (Fsp3) is 0.214. The van der Waals surface area contributed by atoms with Gasteiger partial charge in [0.2, 0.25) is 5.91 Å². The number of benzene rings is 1. The highest BCUT2D eigenvalue weighted by Crippen LogP contribution is 2.43. The molecule has 4 aromatic rings. The lowest BCUT2D eigenvalue weighted by molar-refractivity contribution is -0.119. The highest BCUT2D eigenvalue weighted by molar-refractivity contribution is 7.80. The topological polar surface area (TPSA) is 84.3 Å². The summed E-state index contributed by atoms with van der Waals surface area (Å²) in [6.07, 6.45) is 5.44. The number of thiocarbonyl (C=S) groups is 1. The van der Waals surface area contributed by atoms with Crippen molar-refractivity contribution in [1.29, 1.82) is 0 Å².